The van der Waals surface area contributed by atoms with E-state index in [1.165, 1.54) is 17.8 Å². The Morgan fingerprint density at radius 3 is 2.42 bits per heavy atom. The van der Waals surface area contributed by atoms with Gasteiger partial charge in [-0.2, -0.15) is 13.2 Å². The van der Waals surface area contributed by atoms with Gasteiger partial charge < -0.3 is 0 Å². The van der Waals surface area contributed by atoms with Crippen LogP contribution in [-0.2, 0) is 6.18 Å². The Morgan fingerprint density at radius 1 is 1.16 bits per heavy atom. The largest absolute Gasteiger partial charge is 0.417 e. The minimum Gasteiger partial charge on any atom is -0.249 e. The van der Waals surface area contributed by atoms with E-state index in [0.29, 0.717) is 10.1 Å². The van der Waals surface area contributed by atoms with Crippen LogP contribution >= 0.6 is 27.7 Å². The van der Waals surface area contributed by atoms with Gasteiger partial charge in [-0.3, -0.25) is 0 Å². The molecule has 2 heterocycles. The predicted octanol–water partition coefficient (Wildman–Crippen LogP) is 4.72. The summed E-state index contributed by atoms with van der Waals surface area (Å²) < 4.78 is 38.0. The highest BCUT2D eigenvalue weighted by atomic mass is 79.9. The van der Waals surface area contributed by atoms with Gasteiger partial charge in [0, 0.05) is 12.4 Å². The van der Waals surface area contributed by atoms with Gasteiger partial charge in [-0.05, 0) is 58.4 Å². The average molecular weight is 349 g/mol. The molecule has 0 aliphatic carbocycles. The predicted molar refractivity (Wildman–Crippen MR) is 70.0 cm³/mol. The number of pyridine rings is 2. The number of aryl methyl sites for hydroxylation is 1. The molecule has 0 fully saturated rings. The molecule has 0 aliphatic heterocycles. The summed E-state index contributed by atoms with van der Waals surface area (Å²) in [4.78, 5) is 7.98. The molecule has 0 amide bonds. The molecule has 7 heteroatoms. The first-order valence-corrected chi connectivity index (χ1v) is 6.80. The number of hydrogen-bond donors (Lipinski definition) is 0. The van der Waals surface area contributed by atoms with Crippen molar-refractivity contribution in [1.82, 2.24) is 9.97 Å². The van der Waals surface area contributed by atoms with Crippen LogP contribution in [0.2, 0.25) is 0 Å². The van der Waals surface area contributed by atoms with Crippen molar-refractivity contribution in [2.24, 2.45) is 0 Å². The van der Waals surface area contributed by atoms with Gasteiger partial charge in [0.1, 0.15) is 10.1 Å². The molecule has 0 saturated carbocycles. The van der Waals surface area contributed by atoms with Gasteiger partial charge >= 0.3 is 6.18 Å². The standard InChI is InChI=1S/C12H8BrF3N2S/c1-7-4-9(13)11(18-5-7)19-10-3-2-8(6-17-10)12(14,15)16/h2-6H,1H3. The summed E-state index contributed by atoms with van der Waals surface area (Å²) in [6.07, 6.45) is -1.85. The molecule has 0 spiro atoms. The van der Waals surface area contributed by atoms with Crippen molar-refractivity contribution < 1.29 is 13.2 Å². The zero-order valence-corrected chi connectivity index (χ0v) is 12.1. The monoisotopic (exact) mass is 348 g/mol. The lowest BCUT2D eigenvalue weighted by Gasteiger charge is -2.07. The van der Waals surface area contributed by atoms with Gasteiger partial charge in [0.2, 0.25) is 0 Å². The van der Waals surface area contributed by atoms with Gasteiger partial charge in [0.15, 0.2) is 0 Å². The van der Waals surface area contributed by atoms with Gasteiger partial charge in [-0.15, -0.1) is 0 Å². The molecular formula is C12H8BrF3N2S. The van der Waals surface area contributed by atoms with Crippen molar-refractivity contribution in [2.75, 3.05) is 0 Å². The Kier molecular flexibility index (Phi) is 4.15. The normalized spacial score (nSPS) is 11.6. The number of hydrogen-bond acceptors (Lipinski definition) is 3. The van der Waals surface area contributed by atoms with Gasteiger partial charge in [0.25, 0.3) is 0 Å². The zero-order valence-electron chi connectivity index (χ0n) is 9.70. The minimum atomic E-state index is -4.36. The lowest BCUT2D eigenvalue weighted by Crippen LogP contribution is -2.05. The highest BCUT2D eigenvalue weighted by Crippen LogP contribution is 2.33. The Morgan fingerprint density at radius 2 is 1.89 bits per heavy atom. The maximum absolute atomic E-state index is 12.4. The lowest BCUT2D eigenvalue weighted by atomic mass is 10.3. The molecule has 0 atom stereocenters. The zero-order chi connectivity index (χ0) is 14.0. The van der Waals surface area contributed by atoms with Crippen molar-refractivity contribution >= 4 is 27.7 Å². The molecule has 19 heavy (non-hydrogen) atoms. The van der Waals surface area contributed by atoms with E-state index < -0.39 is 11.7 Å². The molecule has 0 N–H and O–H groups in total. The van der Waals surface area contributed by atoms with E-state index in [1.807, 2.05) is 13.0 Å². The second kappa shape index (κ2) is 5.50. The SMILES string of the molecule is Cc1cnc(Sc2ccc(C(F)(F)F)cn2)c(Br)c1. The molecule has 0 unspecified atom stereocenters. The van der Waals surface area contributed by atoms with Crippen molar-refractivity contribution in [2.45, 2.75) is 23.2 Å². The van der Waals surface area contributed by atoms with E-state index in [9.17, 15) is 13.2 Å². The van der Waals surface area contributed by atoms with E-state index in [4.69, 9.17) is 0 Å². The van der Waals surface area contributed by atoms with Crippen LogP contribution in [0.3, 0.4) is 0 Å². The van der Waals surface area contributed by atoms with Crippen molar-refractivity contribution in [3.63, 3.8) is 0 Å². The quantitative estimate of drug-likeness (QED) is 0.785. The first-order valence-electron chi connectivity index (χ1n) is 5.19. The van der Waals surface area contributed by atoms with Crippen LogP contribution in [0.1, 0.15) is 11.1 Å². The van der Waals surface area contributed by atoms with Crippen LogP contribution in [0.25, 0.3) is 0 Å². The molecule has 2 rings (SSSR count). The summed E-state index contributed by atoms with van der Waals surface area (Å²) in [5.74, 6) is 0. The summed E-state index contributed by atoms with van der Waals surface area (Å²) in [6, 6.07) is 4.23. The third-order valence-corrected chi connectivity index (χ3v) is 4.05. The number of halogens is 4. The van der Waals surface area contributed by atoms with Crippen LogP contribution < -0.4 is 0 Å². The highest BCUT2D eigenvalue weighted by molar-refractivity contribution is 9.10. The number of alkyl halides is 3. The summed E-state index contributed by atoms with van der Waals surface area (Å²) in [5, 5.41) is 1.13. The van der Waals surface area contributed by atoms with E-state index in [-0.39, 0.29) is 0 Å². The second-order valence-electron chi connectivity index (χ2n) is 3.78. The molecule has 0 bridgehead atoms. The maximum Gasteiger partial charge on any atom is 0.417 e. The Balaban J connectivity index is 2.20. The first-order chi connectivity index (χ1) is 8.86. The summed E-state index contributed by atoms with van der Waals surface area (Å²) >= 11 is 4.57. The van der Waals surface area contributed by atoms with Crippen LogP contribution in [-0.4, -0.2) is 9.97 Å². The average Bonchev–Trinajstić information content (AvgIpc) is 2.32. The Labute approximate surface area is 120 Å². The number of nitrogens with zero attached hydrogens (tertiary/aromatic N) is 2. The van der Waals surface area contributed by atoms with Crippen LogP contribution in [0.5, 0.6) is 0 Å². The molecule has 0 aromatic carbocycles. The molecule has 2 aromatic heterocycles. The van der Waals surface area contributed by atoms with E-state index in [2.05, 4.69) is 25.9 Å². The van der Waals surface area contributed by atoms with Gasteiger partial charge in [0.05, 0.1) is 10.0 Å². The smallest absolute Gasteiger partial charge is 0.249 e. The first kappa shape index (κ1) is 14.3. The van der Waals surface area contributed by atoms with E-state index in [1.54, 1.807) is 6.20 Å². The summed E-state index contributed by atoms with van der Waals surface area (Å²) in [7, 11) is 0. The van der Waals surface area contributed by atoms with Crippen LogP contribution in [0, 0.1) is 6.92 Å². The fraction of sp³-hybridized carbons (Fsp3) is 0.167. The molecule has 2 nitrogen and oxygen atoms in total. The fourth-order valence-electron chi connectivity index (χ4n) is 1.30. The van der Waals surface area contributed by atoms with E-state index in [0.717, 1.165) is 22.3 Å². The molecule has 0 aliphatic rings. The van der Waals surface area contributed by atoms with Gasteiger partial charge in [-0.1, -0.05) is 0 Å². The van der Waals surface area contributed by atoms with Gasteiger partial charge in [-0.25, -0.2) is 9.97 Å². The van der Waals surface area contributed by atoms with E-state index >= 15 is 0 Å². The number of rotatable bonds is 2. The van der Waals surface area contributed by atoms with Crippen molar-refractivity contribution in [3.8, 4) is 0 Å². The molecule has 0 saturated heterocycles. The molecular weight excluding hydrogens is 341 g/mol. The summed E-state index contributed by atoms with van der Waals surface area (Å²) in [5.41, 5.74) is 0.240. The van der Waals surface area contributed by atoms with Crippen LogP contribution in [0.15, 0.2) is 45.1 Å². The topological polar surface area (TPSA) is 25.8 Å². The third kappa shape index (κ3) is 3.70. The maximum atomic E-state index is 12.4. The highest BCUT2D eigenvalue weighted by Gasteiger charge is 2.30. The molecule has 2 aromatic rings. The minimum absolute atomic E-state index is 0.463. The summed E-state index contributed by atoms with van der Waals surface area (Å²) in [6.45, 7) is 1.91. The van der Waals surface area contributed by atoms with Crippen molar-refractivity contribution in [3.05, 3.63) is 46.2 Å². The van der Waals surface area contributed by atoms with Crippen molar-refractivity contribution in [1.29, 1.82) is 0 Å². The Bertz CT molecular complexity index is 585. The fourth-order valence-corrected chi connectivity index (χ4v) is 2.71. The number of aromatic nitrogens is 2. The Hall–Kier alpha value is -1.08. The lowest BCUT2D eigenvalue weighted by molar-refractivity contribution is -0.137. The molecule has 100 valence electrons. The third-order valence-electron chi connectivity index (χ3n) is 2.21. The van der Waals surface area contributed by atoms with Crippen LogP contribution in [0.4, 0.5) is 13.2 Å². The second-order valence-corrected chi connectivity index (χ2v) is 5.65. The molecule has 0 radical (unpaired) electrons.